The lowest BCUT2D eigenvalue weighted by Gasteiger charge is -2.24. The van der Waals surface area contributed by atoms with Crippen molar-refractivity contribution in [1.29, 1.82) is 0 Å². The minimum absolute atomic E-state index is 0.0444. The van der Waals surface area contributed by atoms with Crippen molar-refractivity contribution in [3.63, 3.8) is 0 Å². The number of amides is 2. The summed E-state index contributed by atoms with van der Waals surface area (Å²) in [5.41, 5.74) is 2.47. The smallest absolute Gasteiger partial charge is 0.238 e. The van der Waals surface area contributed by atoms with Gasteiger partial charge in [0.1, 0.15) is 5.37 Å². The summed E-state index contributed by atoms with van der Waals surface area (Å²) in [6.45, 7) is 1.47. The normalized spacial score (nSPS) is 17.0. The molecule has 0 spiro atoms. The molecule has 2 aromatic rings. The second-order valence-corrected chi connectivity index (χ2v) is 6.36. The summed E-state index contributed by atoms with van der Waals surface area (Å²) in [6, 6.07) is 11.1. The summed E-state index contributed by atoms with van der Waals surface area (Å²) in [5, 5.41) is 2.62. The predicted octanol–water partition coefficient (Wildman–Crippen LogP) is 2.83. The van der Waals surface area contributed by atoms with Crippen molar-refractivity contribution in [2.24, 2.45) is 0 Å². The molecular formula is C17H17N3O3S. The van der Waals surface area contributed by atoms with Gasteiger partial charge in [0.2, 0.25) is 17.7 Å². The minimum atomic E-state index is -0.112. The monoisotopic (exact) mass is 343 g/mol. The highest BCUT2D eigenvalue weighted by Crippen LogP contribution is 2.41. The first kappa shape index (κ1) is 16.3. The Morgan fingerprint density at radius 3 is 2.62 bits per heavy atom. The van der Waals surface area contributed by atoms with E-state index in [1.807, 2.05) is 30.3 Å². The lowest BCUT2D eigenvalue weighted by atomic mass is 10.1. The molecule has 124 valence electrons. The fourth-order valence-electron chi connectivity index (χ4n) is 2.52. The molecule has 1 unspecified atom stereocenters. The lowest BCUT2D eigenvalue weighted by Crippen LogP contribution is -2.27. The van der Waals surface area contributed by atoms with Crippen LogP contribution in [0.5, 0.6) is 5.88 Å². The third-order valence-electron chi connectivity index (χ3n) is 3.59. The van der Waals surface area contributed by atoms with Crippen LogP contribution in [0.4, 0.5) is 11.4 Å². The van der Waals surface area contributed by atoms with Crippen LogP contribution in [0.3, 0.4) is 0 Å². The Morgan fingerprint density at radius 2 is 2.04 bits per heavy atom. The second-order valence-electron chi connectivity index (χ2n) is 5.29. The van der Waals surface area contributed by atoms with Crippen molar-refractivity contribution in [3.05, 3.63) is 48.2 Å². The average molecular weight is 343 g/mol. The van der Waals surface area contributed by atoms with Crippen LogP contribution in [0.1, 0.15) is 17.9 Å². The molecule has 1 fully saturated rings. The number of nitrogens with zero attached hydrogens (tertiary/aromatic N) is 2. The number of hydrogen-bond donors (Lipinski definition) is 1. The molecule has 0 radical (unpaired) electrons. The van der Waals surface area contributed by atoms with Gasteiger partial charge in [-0.15, -0.1) is 11.8 Å². The third kappa shape index (κ3) is 3.35. The number of nitrogens with one attached hydrogen (secondary N) is 1. The molecule has 1 aromatic carbocycles. The van der Waals surface area contributed by atoms with Gasteiger partial charge in [0.15, 0.2) is 0 Å². The number of aromatic nitrogens is 1. The third-order valence-corrected chi connectivity index (χ3v) is 4.80. The van der Waals surface area contributed by atoms with Crippen LogP contribution in [0.15, 0.2) is 42.6 Å². The molecule has 0 saturated carbocycles. The predicted molar refractivity (Wildman–Crippen MR) is 94.2 cm³/mol. The van der Waals surface area contributed by atoms with Crippen LogP contribution in [0.2, 0.25) is 0 Å². The van der Waals surface area contributed by atoms with E-state index < -0.39 is 0 Å². The summed E-state index contributed by atoms with van der Waals surface area (Å²) in [4.78, 5) is 29.3. The summed E-state index contributed by atoms with van der Waals surface area (Å²) >= 11 is 1.57. The van der Waals surface area contributed by atoms with E-state index in [9.17, 15) is 9.59 Å². The van der Waals surface area contributed by atoms with Crippen molar-refractivity contribution in [2.45, 2.75) is 12.3 Å². The summed E-state index contributed by atoms with van der Waals surface area (Å²) in [5.74, 6) is 0.862. The largest absolute Gasteiger partial charge is 0.481 e. The summed E-state index contributed by atoms with van der Waals surface area (Å²) in [7, 11) is 1.55. The van der Waals surface area contributed by atoms with E-state index in [0.29, 0.717) is 11.6 Å². The Labute approximate surface area is 144 Å². The fourth-order valence-corrected chi connectivity index (χ4v) is 3.70. The Hall–Kier alpha value is -2.54. The minimum Gasteiger partial charge on any atom is -0.481 e. The van der Waals surface area contributed by atoms with Crippen LogP contribution in [0.25, 0.3) is 0 Å². The van der Waals surface area contributed by atoms with Crippen molar-refractivity contribution in [3.8, 4) is 5.88 Å². The quantitative estimate of drug-likeness (QED) is 0.924. The number of methoxy groups -OCH3 is 1. The van der Waals surface area contributed by atoms with E-state index in [1.54, 1.807) is 36.0 Å². The van der Waals surface area contributed by atoms with Crippen LogP contribution in [-0.4, -0.2) is 29.7 Å². The van der Waals surface area contributed by atoms with Crippen molar-refractivity contribution >= 4 is 35.0 Å². The van der Waals surface area contributed by atoms with Gasteiger partial charge >= 0.3 is 0 Å². The van der Waals surface area contributed by atoms with Gasteiger partial charge in [0.25, 0.3) is 0 Å². The van der Waals surface area contributed by atoms with Gasteiger partial charge < -0.3 is 10.1 Å². The van der Waals surface area contributed by atoms with Crippen molar-refractivity contribution in [1.82, 2.24) is 4.98 Å². The number of ether oxygens (including phenoxy) is 1. The van der Waals surface area contributed by atoms with Gasteiger partial charge in [-0.1, -0.05) is 12.1 Å². The number of anilines is 2. The first-order valence-electron chi connectivity index (χ1n) is 7.40. The van der Waals surface area contributed by atoms with Crippen molar-refractivity contribution < 1.29 is 14.3 Å². The molecular weight excluding hydrogens is 326 g/mol. The zero-order chi connectivity index (χ0) is 17.1. The van der Waals surface area contributed by atoms with E-state index in [0.717, 1.165) is 16.9 Å². The zero-order valence-electron chi connectivity index (χ0n) is 13.4. The highest BCUT2D eigenvalue weighted by Gasteiger charge is 2.34. The number of hydrogen-bond acceptors (Lipinski definition) is 5. The maximum absolute atomic E-state index is 12.3. The highest BCUT2D eigenvalue weighted by atomic mass is 32.2. The van der Waals surface area contributed by atoms with Gasteiger partial charge in [-0.2, -0.15) is 0 Å². The Bertz CT molecular complexity index is 747. The van der Waals surface area contributed by atoms with Crippen LogP contribution < -0.4 is 15.0 Å². The molecule has 1 saturated heterocycles. The topological polar surface area (TPSA) is 71.5 Å². The summed E-state index contributed by atoms with van der Waals surface area (Å²) < 4.78 is 5.06. The number of carbonyl (C=O) groups excluding carboxylic acids is 2. The van der Waals surface area contributed by atoms with Crippen LogP contribution in [0, 0.1) is 0 Å². The van der Waals surface area contributed by atoms with Crippen molar-refractivity contribution in [2.75, 3.05) is 23.1 Å². The number of thioether (sulfide) groups is 1. The molecule has 3 rings (SSSR count). The average Bonchev–Trinajstić information content (AvgIpc) is 2.97. The van der Waals surface area contributed by atoms with Crippen LogP contribution >= 0.6 is 11.8 Å². The molecule has 1 atom stereocenters. The van der Waals surface area contributed by atoms with Crippen LogP contribution in [-0.2, 0) is 9.59 Å². The summed E-state index contributed by atoms with van der Waals surface area (Å²) in [6.07, 6.45) is 1.64. The van der Waals surface area contributed by atoms with Gasteiger partial charge in [0, 0.05) is 18.7 Å². The standard InChI is InChI=1S/C17H17N3O3S/c1-11(21)19-13-5-3-12(4-6-13)17-20(16(22)10-24-17)14-7-8-15(23-2)18-9-14/h3-9,17H,10H2,1-2H3,(H,19,21). The van der Waals surface area contributed by atoms with E-state index >= 15 is 0 Å². The van der Waals surface area contributed by atoms with E-state index in [4.69, 9.17) is 4.74 Å². The van der Waals surface area contributed by atoms with E-state index in [-0.39, 0.29) is 17.2 Å². The number of carbonyl (C=O) groups is 2. The number of pyridine rings is 1. The first-order chi connectivity index (χ1) is 11.6. The highest BCUT2D eigenvalue weighted by molar-refractivity contribution is 8.00. The Balaban J connectivity index is 1.85. The molecule has 7 heteroatoms. The maximum Gasteiger partial charge on any atom is 0.238 e. The number of rotatable bonds is 4. The van der Waals surface area contributed by atoms with Gasteiger partial charge in [-0.05, 0) is 23.8 Å². The molecule has 0 bridgehead atoms. The molecule has 6 nitrogen and oxygen atoms in total. The molecule has 1 aromatic heterocycles. The van der Waals surface area contributed by atoms with E-state index in [2.05, 4.69) is 10.3 Å². The van der Waals surface area contributed by atoms with E-state index in [1.165, 1.54) is 6.92 Å². The zero-order valence-corrected chi connectivity index (χ0v) is 14.2. The Kier molecular flexibility index (Phi) is 4.71. The molecule has 2 heterocycles. The fraction of sp³-hybridized carbons (Fsp3) is 0.235. The second kappa shape index (κ2) is 6.92. The molecule has 1 N–H and O–H groups in total. The lowest BCUT2D eigenvalue weighted by molar-refractivity contribution is -0.116. The Morgan fingerprint density at radius 1 is 1.29 bits per heavy atom. The molecule has 1 aliphatic heterocycles. The van der Waals surface area contributed by atoms with Gasteiger partial charge in [0.05, 0.1) is 24.7 Å². The first-order valence-corrected chi connectivity index (χ1v) is 8.44. The molecule has 2 amide bonds. The number of benzene rings is 1. The molecule has 1 aliphatic rings. The molecule has 0 aliphatic carbocycles. The van der Waals surface area contributed by atoms with Gasteiger partial charge in [-0.25, -0.2) is 4.98 Å². The maximum atomic E-state index is 12.3. The SMILES string of the molecule is COc1ccc(N2C(=O)CSC2c2ccc(NC(C)=O)cc2)cn1. The molecule has 24 heavy (non-hydrogen) atoms. The van der Waals surface area contributed by atoms with Gasteiger partial charge in [-0.3, -0.25) is 14.5 Å².